The number of amides is 1. The Hall–Kier alpha value is -2.84. The normalized spacial score (nSPS) is 15.0. The third kappa shape index (κ3) is 2.33. The van der Waals surface area contributed by atoms with E-state index in [0.717, 1.165) is 0 Å². The molecular formula is C12H10F2N4O3. The van der Waals surface area contributed by atoms with E-state index in [2.05, 4.69) is 19.9 Å². The lowest BCUT2D eigenvalue weighted by Crippen LogP contribution is -2.25. The Balaban J connectivity index is 1.83. The predicted octanol–water partition coefficient (Wildman–Crippen LogP) is 1.58. The van der Waals surface area contributed by atoms with Gasteiger partial charge < -0.3 is 20.5 Å². The van der Waals surface area contributed by atoms with Crippen molar-refractivity contribution in [2.75, 3.05) is 11.1 Å². The van der Waals surface area contributed by atoms with Crippen LogP contribution in [0.4, 0.5) is 20.2 Å². The van der Waals surface area contributed by atoms with Crippen molar-refractivity contribution in [2.24, 2.45) is 7.05 Å². The average Bonchev–Trinajstić information content (AvgIpc) is 2.86. The SMILES string of the molecule is Cn1ncc(N)c1C(=O)Nc1ccc2c(c1)OC(F)(F)O2. The van der Waals surface area contributed by atoms with Crippen molar-refractivity contribution in [1.29, 1.82) is 0 Å². The van der Waals surface area contributed by atoms with Crippen LogP contribution in [0.2, 0.25) is 0 Å². The van der Waals surface area contributed by atoms with Crippen molar-refractivity contribution in [3.63, 3.8) is 0 Å². The molecule has 9 heteroatoms. The summed E-state index contributed by atoms with van der Waals surface area (Å²) in [5.74, 6) is -0.771. The molecular weight excluding hydrogens is 286 g/mol. The van der Waals surface area contributed by atoms with Crippen molar-refractivity contribution in [2.45, 2.75) is 6.29 Å². The second-order valence-electron chi connectivity index (χ2n) is 4.36. The van der Waals surface area contributed by atoms with Crippen molar-refractivity contribution >= 4 is 17.3 Å². The lowest BCUT2D eigenvalue weighted by atomic mass is 10.2. The number of alkyl halides is 2. The second kappa shape index (κ2) is 4.33. The highest BCUT2D eigenvalue weighted by atomic mass is 19.3. The standard InChI is InChI=1S/C12H10F2N4O3/c1-18-10(7(15)5-16-18)11(19)17-6-2-3-8-9(4-6)21-12(13,14)20-8/h2-5H,15H2,1H3,(H,17,19). The Morgan fingerprint density at radius 2 is 2.10 bits per heavy atom. The minimum absolute atomic E-state index is 0.0990. The van der Waals surface area contributed by atoms with E-state index < -0.39 is 12.2 Å². The molecule has 1 aromatic heterocycles. The Bertz CT molecular complexity index is 710. The van der Waals surface area contributed by atoms with Gasteiger partial charge in [-0.05, 0) is 12.1 Å². The number of rotatable bonds is 2. The molecule has 0 saturated heterocycles. The van der Waals surface area contributed by atoms with Gasteiger partial charge in [-0.15, -0.1) is 8.78 Å². The summed E-state index contributed by atoms with van der Waals surface area (Å²) in [6.45, 7) is 0. The maximum atomic E-state index is 12.9. The number of aryl methyl sites for hydroxylation is 1. The van der Waals surface area contributed by atoms with Crippen molar-refractivity contribution in [3.8, 4) is 11.5 Å². The fourth-order valence-electron chi connectivity index (χ4n) is 1.95. The fourth-order valence-corrected chi connectivity index (χ4v) is 1.95. The van der Waals surface area contributed by atoms with E-state index >= 15 is 0 Å². The number of hydrogen-bond acceptors (Lipinski definition) is 5. The molecule has 0 atom stereocenters. The summed E-state index contributed by atoms with van der Waals surface area (Å²) < 4.78 is 35.7. The monoisotopic (exact) mass is 296 g/mol. The highest BCUT2D eigenvalue weighted by Crippen LogP contribution is 2.42. The van der Waals surface area contributed by atoms with Gasteiger partial charge in [0.05, 0.1) is 11.9 Å². The third-order valence-electron chi connectivity index (χ3n) is 2.84. The molecule has 0 aliphatic carbocycles. The lowest BCUT2D eigenvalue weighted by molar-refractivity contribution is -0.286. The number of carbonyl (C=O) groups excluding carboxylic acids is 1. The third-order valence-corrected chi connectivity index (χ3v) is 2.84. The molecule has 2 heterocycles. The summed E-state index contributed by atoms with van der Waals surface area (Å²) in [5.41, 5.74) is 6.27. The Labute approximate surface area is 117 Å². The van der Waals surface area contributed by atoms with Crippen LogP contribution >= 0.6 is 0 Å². The van der Waals surface area contributed by atoms with Gasteiger partial charge in [-0.1, -0.05) is 0 Å². The summed E-state index contributed by atoms with van der Waals surface area (Å²) >= 11 is 0. The Morgan fingerprint density at radius 1 is 1.38 bits per heavy atom. The molecule has 1 amide bonds. The van der Waals surface area contributed by atoms with E-state index in [9.17, 15) is 13.6 Å². The maximum Gasteiger partial charge on any atom is 0.586 e. The van der Waals surface area contributed by atoms with Gasteiger partial charge in [0, 0.05) is 18.8 Å². The minimum Gasteiger partial charge on any atom is -0.396 e. The number of nitrogen functional groups attached to an aromatic ring is 1. The first-order valence-electron chi connectivity index (χ1n) is 5.84. The molecule has 2 aromatic rings. The van der Waals surface area contributed by atoms with E-state index in [1.54, 1.807) is 7.05 Å². The quantitative estimate of drug-likeness (QED) is 0.878. The first-order valence-corrected chi connectivity index (χ1v) is 5.84. The van der Waals surface area contributed by atoms with E-state index in [1.165, 1.54) is 29.1 Å². The highest BCUT2D eigenvalue weighted by molar-refractivity contribution is 6.06. The first kappa shape index (κ1) is 13.2. The zero-order valence-corrected chi connectivity index (χ0v) is 10.8. The van der Waals surface area contributed by atoms with Crippen molar-refractivity contribution in [3.05, 3.63) is 30.1 Å². The summed E-state index contributed by atoms with van der Waals surface area (Å²) in [4.78, 5) is 12.1. The van der Waals surface area contributed by atoms with Crippen LogP contribution < -0.4 is 20.5 Å². The number of nitrogens with two attached hydrogens (primary N) is 1. The summed E-state index contributed by atoms with van der Waals surface area (Å²) in [6, 6.07) is 3.92. The Kier molecular flexibility index (Phi) is 2.71. The van der Waals surface area contributed by atoms with Crippen molar-refractivity contribution < 1.29 is 23.0 Å². The topological polar surface area (TPSA) is 91.4 Å². The summed E-state index contributed by atoms with van der Waals surface area (Å²) in [5, 5.41) is 6.37. The number of aromatic nitrogens is 2. The van der Waals surface area contributed by atoms with Crippen LogP contribution in [-0.2, 0) is 7.05 Å². The number of fused-ring (bicyclic) bond motifs is 1. The molecule has 0 fully saturated rings. The zero-order valence-electron chi connectivity index (χ0n) is 10.8. The molecule has 0 radical (unpaired) electrons. The molecule has 1 aromatic carbocycles. The molecule has 0 saturated carbocycles. The molecule has 0 spiro atoms. The van der Waals surface area contributed by atoms with Gasteiger partial charge in [-0.3, -0.25) is 9.48 Å². The number of ether oxygens (including phenoxy) is 2. The van der Waals surface area contributed by atoms with Gasteiger partial charge in [-0.25, -0.2) is 0 Å². The minimum atomic E-state index is -3.70. The molecule has 3 rings (SSSR count). The van der Waals surface area contributed by atoms with E-state index in [4.69, 9.17) is 5.73 Å². The first-order chi connectivity index (χ1) is 9.85. The van der Waals surface area contributed by atoms with Gasteiger partial charge in [0.2, 0.25) is 0 Å². The number of halogens is 2. The van der Waals surface area contributed by atoms with Crippen LogP contribution in [0.3, 0.4) is 0 Å². The lowest BCUT2D eigenvalue weighted by Gasteiger charge is -2.07. The van der Waals surface area contributed by atoms with Gasteiger partial charge in [-0.2, -0.15) is 5.10 Å². The number of nitrogens with one attached hydrogen (secondary N) is 1. The largest absolute Gasteiger partial charge is 0.586 e. The fraction of sp³-hybridized carbons (Fsp3) is 0.167. The summed E-state index contributed by atoms with van der Waals surface area (Å²) in [6.07, 6.45) is -2.35. The number of carbonyl (C=O) groups is 1. The molecule has 7 nitrogen and oxygen atoms in total. The van der Waals surface area contributed by atoms with Crippen LogP contribution in [0.1, 0.15) is 10.5 Å². The molecule has 110 valence electrons. The van der Waals surface area contributed by atoms with Crippen molar-refractivity contribution in [1.82, 2.24) is 9.78 Å². The van der Waals surface area contributed by atoms with E-state index in [0.29, 0.717) is 0 Å². The van der Waals surface area contributed by atoms with Gasteiger partial charge in [0.1, 0.15) is 5.69 Å². The van der Waals surface area contributed by atoms with Crippen LogP contribution in [-0.4, -0.2) is 22.0 Å². The second-order valence-corrected chi connectivity index (χ2v) is 4.36. The van der Waals surface area contributed by atoms with Crippen LogP contribution in [0.5, 0.6) is 11.5 Å². The smallest absolute Gasteiger partial charge is 0.396 e. The zero-order chi connectivity index (χ0) is 15.2. The summed E-state index contributed by atoms with van der Waals surface area (Å²) in [7, 11) is 1.56. The molecule has 21 heavy (non-hydrogen) atoms. The molecule has 3 N–H and O–H groups in total. The average molecular weight is 296 g/mol. The molecule has 0 bridgehead atoms. The van der Waals surface area contributed by atoms with Crippen LogP contribution in [0.15, 0.2) is 24.4 Å². The van der Waals surface area contributed by atoms with E-state index in [-0.39, 0.29) is 28.6 Å². The van der Waals surface area contributed by atoms with Crippen LogP contribution in [0, 0.1) is 0 Å². The van der Waals surface area contributed by atoms with Crippen LogP contribution in [0.25, 0.3) is 0 Å². The number of hydrogen-bond donors (Lipinski definition) is 2. The molecule has 1 aliphatic rings. The Morgan fingerprint density at radius 3 is 2.76 bits per heavy atom. The maximum absolute atomic E-state index is 12.9. The van der Waals surface area contributed by atoms with Gasteiger partial charge in [0.15, 0.2) is 11.5 Å². The number of nitrogens with zero attached hydrogens (tertiary/aromatic N) is 2. The van der Waals surface area contributed by atoms with Gasteiger partial charge >= 0.3 is 6.29 Å². The van der Waals surface area contributed by atoms with E-state index in [1.807, 2.05) is 0 Å². The highest BCUT2D eigenvalue weighted by Gasteiger charge is 2.43. The molecule has 1 aliphatic heterocycles. The number of anilines is 2. The predicted molar refractivity (Wildman–Crippen MR) is 68.2 cm³/mol. The van der Waals surface area contributed by atoms with Gasteiger partial charge in [0.25, 0.3) is 5.91 Å². The molecule has 0 unspecified atom stereocenters. The number of benzene rings is 1.